The number of piperidine rings is 1. The summed E-state index contributed by atoms with van der Waals surface area (Å²) >= 11 is 6.14. The third-order valence-electron chi connectivity index (χ3n) is 10.1. The number of furan rings is 1. The van der Waals surface area contributed by atoms with Gasteiger partial charge in [-0.15, -0.1) is 26.3 Å². The van der Waals surface area contributed by atoms with E-state index in [1.807, 2.05) is 19.1 Å². The number of aryl methyl sites for hydroxylation is 1. The van der Waals surface area contributed by atoms with Gasteiger partial charge in [-0.05, 0) is 96.8 Å². The maximum absolute atomic E-state index is 13.0. The van der Waals surface area contributed by atoms with Crippen molar-refractivity contribution in [2.45, 2.75) is 57.8 Å². The van der Waals surface area contributed by atoms with E-state index in [1.54, 1.807) is 47.0 Å². The summed E-state index contributed by atoms with van der Waals surface area (Å²) < 4.78 is 88.7. The fraction of sp³-hybridized carbons (Fsp3) is 0.273. The number of fused-ring (bicyclic) bond motifs is 2. The Hall–Kier alpha value is -6.49. The molecule has 1 aliphatic rings. The third-order valence-corrected chi connectivity index (χ3v) is 10.3. The molecule has 0 saturated carbocycles. The molecule has 7 aromatic rings. The Bertz CT molecular complexity index is 2590. The SMILES string of the molecule is CCc1nc2ccc(Cl)cn2c1C(=O)NCc1ccc(N2CCC(c3ccc(OC(F)(F)F)cc3)CC2)cc1.FC(F)(F)Oc1cccc(CCNc2ncnc3ccoc23)c1. The van der Waals surface area contributed by atoms with E-state index in [-0.39, 0.29) is 23.3 Å². The second-order valence-corrected chi connectivity index (χ2v) is 14.7. The molecule has 1 fully saturated rings. The monoisotopic (exact) mass is 879 g/mol. The standard InChI is InChI=1S/C29H28ClF3N4O2.C15H12F3N3O2/c1-2-25-27(37-18-22(30)7-12-26(37)35-25)28(38)34-17-19-3-8-23(9-4-19)36-15-13-21(14-16-36)20-5-10-24(11-6-20)39-29(31,32)33;16-15(17,18)23-11-3-1-2-10(8-11)4-6-19-14-13-12(5-7-22-13)20-9-21-14/h3-12,18,21H,2,13-17H2,1H3,(H,34,38);1-3,5,7-9H,4,6H2,(H,19,20,21). The zero-order chi connectivity index (χ0) is 43.9. The van der Waals surface area contributed by atoms with Crippen LogP contribution in [0.25, 0.3) is 16.7 Å². The predicted molar refractivity (Wildman–Crippen MR) is 222 cm³/mol. The first-order valence-electron chi connectivity index (χ1n) is 19.6. The number of rotatable bonds is 12. The highest BCUT2D eigenvalue weighted by Crippen LogP contribution is 2.33. The fourth-order valence-corrected chi connectivity index (χ4v) is 7.36. The van der Waals surface area contributed by atoms with Crippen LogP contribution in [0, 0.1) is 0 Å². The van der Waals surface area contributed by atoms with Gasteiger partial charge in [-0.3, -0.25) is 9.20 Å². The van der Waals surface area contributed by atoms with Gasteiger partial charge in [0.2, 0.25) is 0 Å². The van der Waals surface area contributed by atoms with E-state index in [9.17, 15) is 31.1 Å². The van der Waals surface area contributed by atoms with E-state index >= 15 is 0 Å². The number of pyridine rings is 1. The quantitative estimate of drug-likeness (QED) is 0.116. The van der Waals surface area contributed by atoms with Gasteiger partial charge in [-0.1, -0.05) is 54.9 Å². The number of hydrogen-bond acceptors (Lipinski definition) is 9. The zero-order valence-corrected chi connectivity index (χ0v) is 33.9. The van der Waals surface area contributed by atoms with Crippen LogP contribution in [0.5, 0.6) is 11.5 Å². The second kappa shape index (κ2) is 19.1. The molecule has 2 N–H and O–H groups in total. The average Bonchev–Trinajstić information content (AvgIpc) is 3.88. The molecule has 4 aromatic heterocycles. The van der Waals surface area contributed by atoms with Crippen molar-refractivity contribution in [3.8, 4) is 11.5 Å². The molecule has 324 valence electrons. The van der Waals surface area contributed by atoms with Crippen LogP contribution in [0.15, 0.2) is 114 Å². The summed E-state index contributed by atoms with van der Waals surface area (Å²) in [5.74, 6) is 0.200. The summed E-state index contributed by atoms with van der Waals surface area (Å²) in [6.07, 6.45) is -1.81. The van der Waals surface area contributed by atoms with E-state index < -0.39 is 12.7 Å². The number of amides is 1. The van der Waals surface area contributed by atoms with Crippen molar-refractivity contribution >= 4 is 45.8 Å². The van der Waals surface area contributed by atoms with Gasteiger partial charge in [-0.25, -0.2) is 15.0 Å². The lowest BCUT2D eigenvalue weighted by molar-refractivity contribution is -0.275. The number of nitrogens with one attached hydrogen (secondary N) is 2. The summed E-state index contributed by atoms with van der Waals surface area (Å²) in [6, 6.07) is 25.4. The maximum Gasteiger partial charge on any atom is 0.573 e. The van der Waals surface area contributed by atoms with Crippen molar-refractivity contribution in [1.29, 1.82) is 0 Å². The van der Waals surface area contributed by atoms with Crippen LogP contribution >= 0.6 is 11.6 Å². The lowest BCUT2D eigenvalue weighted by Crippen LogP contribution is -2.32. The van der Waals surface area contributed by atoms with E-state index in [2.05, 4.69) is 52.1 Å². The number of imidazole rings is 1. The number of benzene rings is 3. The summed E-state index contributed by atoms with van der Waals surface area (Å²) in [6.45, 7) is 4.51. The topological polar surface area (TPSA) is 119 Å². The first kappa shape index (κ1) is 43.6. The minimum atomic E-state index is -4.69. The van der Waals surface area contributed by atoms with Gasteiger partial charge in [0.15, 0.2) is 11.4 Å². The van der Waals surface area contributed by atoms with Gasteiger partial charge in [0, 0.05) is 44.1 Å². The van der Waals surface area contributed by atoms with Crippen LogP contribution in [0.1, 0.15) is 58.6 Å². The number of halogens is 7. The molecule has 0 radical (unpaired) electrons. The lowest BCUT2D eigenvalue weighted by atomic mass is 9.89. The van der Waals surface area contributed by atoms with Crippen LogP contribution in [-0.2, 0) is 19.4 Å². The van der Waals surface area contributed by atoms with Gasteiger partial charge in [-0.2, -0.15) is 0 Å². The second-order valence-electron chi connectivity index (χ2n) is 14.3. The highest BCUT2D eigenvalue weighted by Gasteiger charge is 2.32. The van der Waals surface area contributed by atoms with Crippen molar-refractivity contribution in [2.24, 2.45) is 0 Å². The van der Waals surface area contributed by atoms with Crippen molar-refractivity contribution in [3.05, 3.63) is 143 Å². The van der Waals surface area contributed by atoms with E-state index in [0.29, 0.717) is 64.8 Å². The van der Waals surface area contributed by atoms with Crippen LogP contribution in [-0.4, -0.2) is 57.6 Å². The minimum Gasteiger partial charge on any atom is -0.459 e. The van der Waals surface area contributed by atoms with Crippen LogP contribution in [0.2, 0.25) is 5.02 Å². The Labute approximate surface area is 356 Å². The van der Waals surface area contributed by atoms with E-state index in [1.165, 1.54) is 42.9 Å². The Balaban J connectivity index is 0.000000213. The van der Waals surface area contributed by atoms with Crippen LogP contribution in [0.4, 0.5) is 37.8 Å². The van der Waals surface area contributed by atoms with Gasteiger partial charge in [0.1, 0.15) is 34.7 Å². The smallest absolute Gasteiger partial charge is 0.459 e. The first-order valence-corrected chi connectivity index (χ1v) is 20.0. The van der Waals surface area contributed by atoms with Crippen molar-refractivity contribution in [2.75, 3.05) is 29.9 Å². The van der Waals surface area contributed by atoms with Crippen molar-refractivity contribution in [3.63, 3.8) is 0 Å². The molecule has 0 unspecified atom stereocenters. The third kappa shape index (κ3) is 11.5. The Morgan fingerprint density at radius 2 is 1.60 bits per heavy atom. The van der Waals surface area contributed by atoms with Gasteiger partial charge >= 0.3 is 12.7 Å². The van der Waals surface area contributed by atoms with E-state index in [0.717, 1.165) is 48.4 Å². The molecule has 1 aliphatic heterocycles. The van der Waals surface area contributed by atoms with Crippen LogP contribution in [0.3, 0.4) is 0 Å². The first-order chi connectivity index (χ1) is 29.7. The lowest BCUT2D eigenvalue weighted by Gasteiger charge is -2.34. The fourth-order valence-electron chi connectivity index (χ4n) is 7.20. The number of carbonyl (C=O) groups is 1. The summed E-state index contributed by atoms with van der Waals surface area (Å²) in [5.41, 5.74) is 6.94. The molecule has 1 amide bonds. The normalized spacial score (nSPS) is 13.5. The van der Waals surface area contributed by atoms with Crippen molar-refractivity contribution in [1.82, 2.24) is 24.7 Å². The number of nitrogens with zero attached hydrogens (tertiary/aromatic N) is 5. The highest BCUT2D eigenvalue weighted by molar-refractivity contribution is 6.30. The summed E-state index contributed by atoms with van der Waals surface area (Å²) in [4.78, 5) is 28.0. The molecular formula is C44H40ClF6N7O4. The number of hydrogen-bond donors (Lipinski definition) is 2. The molecular weight excluding hydrogens is 840 g/mol. The molecule has 18 heteroatoms. The molecule has 62 heavy (non-hydrogen) atoms. The Kier molecular flexibility index (Phi) is 13.4. The molecule has 0 aliphatic carbocycles. The Morgan fingerprint density at radius 1 is 0.871 bits per heavy atom. The molecule has 0 atom stereocenters. The number of carbonyl (C=O) groups excluding carboxylic acids is 1. The average molecular weight is 880 g/mol. The van der Waals surface area contributed by atoms with Gasteiger partial charge < -0.3 is 29.4 Å². The maximum atomic E-state index is 13.0. The molecule has 0 bridgehead atoms. The molecule has 1 saturated heterocycles. The van der Waals surface area contributed by atoms with Gasteiger partial charge in [0.25, 0.3) is 5.91 Å². The minimum absolute atomic E-state index is 0.200. The largest absolute Gasteiger partial charge is 0.573 e. The summed E-state index contributed by atoms with van der Waals surface area (Å²) in [5, 5.41) is 6.61. The number of alkyl halides is 6. The number of ether oxygens (including phenoxy) is 2. The summed E-state index contributed by atoms with van der Waals surface area (Å²) in [7, 11) is 0. The number of aromatic nitrogens is 4. The predicted octanol–water partition coefficient (Wildman–Crippen LogP) is 10.5. The molecule has 8 rings (SSSR count). The molecule has 5 heterocycles. The highest BCUT2D eigenvalue weighted by atomic mass is 35.5. The van der Waals surface area contributed by atoms with Gasteiger partial charge in [0.05, 0.1) is 17.0 Å². The van der Waals surface area contributed by atoms with Crippen LogP contribution < -0.4 is 25.0 Å². The number of anilines is 2. The molecule has 3 aromatic carbocycles. The van der Waals surface area contributed by atoms with E-state index in [4.69, 9.17) is 16.0 Å². The van der Waals surface area contributed by atoms with Crippen molar-refractivity contribution < 1.29 is 45.0 Å². The Morgan fingerprint density at radius 3 is 2.31 bits per heavy atom. The zero-order valence-electron chi connectivity index (χ0n) is 33.1. The molecule has 0 spiro atoms. The molecule has 11 nitrogen and oxygen atoms in total.